The summed E-state index contributed by atoms with van der Waals surface area (Å²) in [7, 11) is 6.07. The molecule has 0 aliphatic rings. The molecule has 0 radical (unpaired) electrons. The van der Waals surface area contributed by atoms with Gasteiger partial charge in [-0.2, -0.15) is 0 Å². The van der Waals surface area contributed by atoms with Gasteiger partial charge >= 0.3 is 0 Å². The predicted molar refractivity (Wildman–Crippen MR) is 121 cm³/mol. The van der Waals surface area contributed by atoms with E-state index in [0.29, 0.717) is 6.54 Å². The molecule has 0 aliphatic heterocycles. The van der Waals surface area contributed by atoms with Crippen molar-refractivity contribution in [3.05, 3.63) is 59.3 Å². The molecule has 0 fully saturated rings. The molecular weight excluding hydrogens is 437 g/mol. The second-order valence-corrected chi connectivity index (χ2v) is 6.37. The minimum Gasteiger partial charge on any atom is -0.363 e. The molecule has 0 saturated carbocycles. The van der Waals surface area contributed by atoms with Crippen molar-refractivity contribution in [2.24, 2.45) is 4.99 Å². The first-order valence-electron chi connectivity index (χ1n) is 8.67. The Hall–Kier alpha value is -1.83. The van der Waals surface area contributed by atoms with Crippen molar-refractivity contribution in [1.82, 2.24) is 15.2 Å². The Bertz CT molecular complexity index is 715. The number of aromatic nitrogens is 1. The lowest BCUT2D eigenvalue weighted by molar-refractivity contribution is 0.475. The molecule has 2 rings (SSSR count). The number of benzene rings is 1. The fourth-order valence-electron chi connectivity index (χ4n) is 2.56. The summed E-state index contributed by atoms with van der Waals surface area (Å²) in [5, 5.41) is 3.38. The van der Waals surface area contributed by atoms with Gasteiger partial charge in [-0.3, -0.25) is 0 Å². The van der Waals surface area contributed by atoms with E-state index in [4.69, 9.17) is 4.99 Å². The minimum atomic E-state index is 0. The van der Waals surface area contributed by atoms with Crippen LogP contribution in [0.15, 0.2) is 47.6 Å². The molecule has 26 heavy (non-hydrogen) atoms. The van der Waals surface area contributed by atoms with E-state index in [-0.39, 0.29) is 24.0 Å². The second-order valence-electron chi connectivity index (χ2n) is 6.37. The molecule has 142 valence electrons. The molecular formula is C20H30IN5. The van der Waals surface area contributed by atoms with Gasteiger partial charge in [-0.15, -0.1) is 24.0 Å². The average Bonchev–Trinajstić information content (AvgIpc) is 2.60. The summed E-state index contributed by atoms with van der Waals surface area (Å²) in [5.74, 6) is 1.86. The molecule has 1 aromatic carbocycles. The number of nitrogens with one attached hydrogen (secondary N) is 1. The lowest BCUT2D eigenvalue weighted by atomic mass is 10.1. The maximum atomic E-state index is 4.80. The van der Waals surface area contributed by atoms with Crippen molar-refractivity contribution in [2.45, 2.75) is 26.9 Å². The van der Waals surface area contributed by atoms with E-state index < -0.39 is 0 Å². The molecule has 0 aliphatic carbocycles. The molecule has 5 nitrogen and oxygen atoms in total. The van der Waals surface area contributed by atoms with Crippen LogP contribution in [0.4, 0.5) is 5.82 Å². The van der Waals surface area contributed by atoms with Gasteiger partial charge in [0, 0.05) is 40.4 Å². The summed E-state index contributed by atoms with van der Waals surface area (Å²) in [4.78, 5) is 13.3. The van der Waals surface area contributed by atoms with E-state index in [0.717, 1.165) is 30.4 Å². The molecule has 0 spiro atoms. The third-order valence-electron chi connectivity index (χ3n) is 4.04. The maximum Gasteiger partial charge on any atom is 0.194 e. The normalized spacial score (nSPS) is 10.9. The van der Waals surface area contributed by atoms with Crippen molar-refractivity contribution < 1.29 is 0 Å². The molecule has 0 atom stereocenters. The van der Waals surface area contributed by atoms with E-state index in [9.17, 15) is 0 Å². The standard InChI is InChI=1S/C20H29N5.HI/c1-6-21-20(25(5)15-18-10-8-7-9-16(18)2)23-14-17-11-12-22-19(13-17)24(3)4;/h7-13H,6,14-15H2,1-5H3,(H,21,23);1H. The zero-order valence-corrected chi connectivity index (χ0v) is 18.7. The van der Waals surface area contributed by atoms with Gasteiger partial charge in [0.05, 0.1) is 6.54 Å². The first-order valence-corrected chi connectivity index (χ1v) is 8.67. The van der Waals surface area contributed by atoms with Crippen LogP contribution < -0.4 is 10.2 Å². The molecule has 2 aromatic rings. The Morgan fingerprint density at radius 1 is 1.15 bits per heavy atom. The molecule has 1 aromatic heterocycles. The summed E-state index contributed by atoms with van der Waals surface area (Å²) in [6.07, 6.45) is 1.84. The summed E-state index contributed by atoms with van der Waals surface area (Å²) in [6, 6.07) is 12.6. The zero-order valence-electron chi connectivity index (χ0n) is 16.4. The second kappa shape index (κ2) is 11.0. The number of nitrogens with zero attached hydrogens (tertiary/aromatic N) is 4. The van der Waals surface area contributed by atoms with Crippen LogP contribution in [0.2, 0.25) is 0 Å². The highest BCUT2D eigenvalue weighted by molar-refractivity contribution is 14.0. The van der Waals surface area contributed by atoms with E-state index in [1.165, 1.54) is 11.1 Å². The average molecular weight is 467 g/mol. The summed E-state index contributed by atoms with van der Waals surface area (Å²) >= 11 is 0. The topological polar surface area (TPSA) is 43.8 Å². The Kier molecular flexibility index (Phi) is 9.40. The van der Waals surface area contributed by atoms with Crippen molar-refractivity contribution >= 4 is 35.8 Å². The van der Waals surface area contributed by atoms with E-state index >= 15 is 0 Å². The SMILES string of the molecule is CCNC(=NCc1ccnc(N(C)C)c1)N(C)Cc1ccccc1C.I. The number of rotatable bonds is 6. The number of hydrogen-bond acceptors (Lipinski definition) is 3. The van der Waals surface area contributed by atoms with Gasteiger partial charge in [0.2, 0.25) is 0 Å². The lowest BCUT2D eigenvalue weighted by Crippen LogP contribution is -2.38. The van der Waals surface area contributed by atoms with Gasteiger partial charge in [-0.05, 0) is 42.7 Å². The third kappa shape index (κ3) is 6.48. The van der Waals surface area contributed by atoms with Crippen LogP contribution >= 0.6 is 24.0 Å². The van der Waals surface area contributed by atoms with E-state index in [1.54, 1.807) is 0 Å². The first kappa shape index (κ1) is 22.2. The van der Waals surface area contributed by atoms with Crippen molar-refractivity contribution in [3.8, 4) is 0 Å². The molecule has 0 saturated heterocycles. The van der Waals surface area contributed by atoms with Crippen molar-refractivity contribution in [3.63, 3.8) is 0 Å². The molecule has 0 unspecified atom stereocenters. The van der Waals surface area contributed by atoms with Gasteiger partial charge in [0.1, 0.15) is 5.82 Å². The smallest absolute Gasteiger partial charge is 0.194 e. The summed E-state index contributed by atoms with van der Waals surface area (Å²) < 4.78 is 0. The first-order chi connectivity index (χ1) is 12.0. The summed E-state index contributed by atoms with van der Waals surface area (Å²) in [5.41, 5.74) is 3.77. The number of hydrogen-bond donors (Lipinski definition) is 1. The monoisotopic (exact) mass is 467 g/mol. The van der Waals surface area contributed by atoms with Gasteiger partial charge < -0.3 is 15.1 Å². The van der Waals surface area contributed by atoms with Crippen LogP contribution in [0.25, 0.3) is 0 Å². The van der Waals surface area contributed by atoms with E-state index in [2.05, 4.69) is 66.4 Å². The number of halogens is 1. The van der Waals surface area contributed by atoms with Gasteiger partial charge in [0.25, 0.3) is 0 Å². The van der Waals surface area contributed by atoms with Crippen molar-refractivity contribution in [2.75, 3.05) is 32.6 Å². The van der Waals surface area contributed by atoms with Crippen LogP contribution in [-0.2, 0) is 13.1 Å². The Morgan fingerprint density at radius 2 is 1.88 bits per heavy atom. The van der Waals surface area contributed by atoms with E-state index in [1.807, 2.05) is 31.3 Å². The molecule has 0 bridgehead atoms. The van der Waals surface area contributed by atoms with Crippen LogP contribution in [-0.4, -0.2) is 43.5 Å². The highest BCUT2D eigenvalue weighted by atomic mass is 127. The van der Waals surface area contributed by atoms with Gasteiger partial charge in [-0.1, -0.05) is 24.3 Å². The van der Waals surface area contributed by atoms with Crippen LogP contribution in [0, 0.1) is 6.92 Å². The van der Waals surface area contributed by atoms with Crippen LogP contribution in [0.3, 0.4) is 0 Å². The quantitative estimate of drug-likeness (QED) is 0.400. The number of pyridine rings is 1. The number of aryl methyl sites for hydroxylation is 1. The third-order valence-corrected chi connectivity index (χ3v) is 4.04. The highest BCUT2D eigenvalue weighted by Gasteiger charge is 2.08. The summed E-state index contributed by atoms with van der Waals surface area (Å²) in [6.45, 7) is 6.54. The molecule has 6 heteroatoms. The molecule has 0 amide bonds. The molecule has 1 N–H and O–H groups in total. The molecule has 1 heterocycles. The largest absolute Gasteiger partial charge is 0.363 e. The maximum absolute atomic E-state index is 4.80. The zero-order chi connectivity index (χ0) is 18.2. The Morgan fingerprint density at radius 3 is 2.54 bits per heavy atom. The fourth-order valence-corrected chi connectivity index (χ4v) is 2.56. The Balaban J connectivity index is 0.00000338. The minimum absolute atomic E-state index is 0. The fraction of sp³-hybridized carbons (Fsp3) is 0.400. The predicted octanol–water partition coefficient (Wildman–Crippen LogP) is 3.67. The van der Waals surface area contributed by atoms with Crippen LogP contribution in [0.1, 0.15) is 23.6 Å². The number of guanidine groups is 1. The Labute approximate surface area is 174 Å². The van der Waals surface area contributed by atoms with Crippen molar-refractivity contribution in [1.29, 1.82) is 0 Å². The van der Waals surface area contributed by atoms with Crippen LogP contribution in [0.5, 0.6) is 0 Å². The lowest BCUT2D eigenvalue weighted by Gasteiger charge is -2.23. The van der Waals surface area contributed by atoms with Gasteiger partial charge in [0.15, 0.2) is 5.96 Å². The number of aliphatic imine (C=N–C) groups is 1. The van der Waals surface area contributed by atoms with Gasteiger partial charge in [-0.25, -0.2) is 9.98 Å². The number of anilines is 1. The highest BCUT2D eigenvalue weighted by Crippen LogP contribution is 2.12.